The van der Waals surface area contributed by atoms with Crippen molar-refractivity contribution in [3.8, 4) is 0 Å². The second kappa shape index (κ2) is 14.7. The number of allylic oxidation sites excluding steroid dienone is 5. The Balaban J connectivity index is 1.55. The lowest BCUT2D eigenvalue weighted by atomic mass is 9.87. The zero-order valence-corrected chi connectivity index (χ0v) is 29.0. The van der Waals surface area contributed by atoms with Crippen LogP contribution in [0, 0.1) is 11.8 Å². The summed E-state index contributed by atoms with van der Waals surface area (Å²) in [6.45, 7) is 8.91. The number of hydrogen-bond donors (Lipinski definition) is 1. The van der Waals surface area contributed by atoms with Gasteiger partial charge in [-0.2, -0.15) is 0 Å². The van der Waals surface area contributed by atoms with Gasteiger partial charge in [-0.3, -0.25) is 9.59 Å². The van der Waals surface area contributed by atoms with Crippen molar-refractivity contribution < 1.29 is 19.1 Å². The van der Waals surface area contributed by atoms with Gasteiger partial charge in [0.2, 0.25) is 0 Å². The van der Waals surface area contributed by atoms with E-state index >= 15 is 0 Å². The summed E-state index contributed by atoms with van der Waals surface area (Å²) >= 11 is 1.75. The average molecular weight is 649 g/mol. The van der Waals surface area contributed by atoms with E-state index in [0.29, 0.717) is 6.42 Å². The summed E-state index contributed by atoms with van der Waals surface area (Å²) in [4.78, 5) is 25.3. The van der Waals surface area contributed by atoms with Crippen LogP contribution in [0.5, 0.6) is 0 Å². The van der Waals surface area contributed by atoms with E-state index in [4.69, 9.17) is 9.53 Å². The fraction of sp³-hybridized carbons (Fsp3) is 0.300. The Bertz CT molecular complexity index is 1660. The summed E-state index contributed by atoms with van der Waals surface area (Å²) < 4.78 is 8.88. The lowest BCUT2D eigenvalue weighted by Gasteiger charge is -2.44. The number of aliphatic carboxylic acids is 1. The molecule has 0 radical (unpaired) electrons. The lowest BCUT2D eigenvalue weighted by molar-refractivity contribution is -0.137. The van der Waals surface area contributed by atoms with Gasteiger partial charge < -0.3 is 9.53 Å². The smallest absolute Gasteiger partial charge is 0.303 e. The topological polar surface area (TPSA) is 63.6 Å². The summed E-state index contributed by atoms with van der Waals surface area (Å²) in [5, 5.41) is 12.3. The first kappa shape index (κ1) is 33.5. The number of rotatable bonds is 13. The Hall–Kier alpha value is -3.84. The van der Waals surface area contributed by atoms with Gasteiger partial charge in [-0.15, -0.1) is 11.3 Å². The lowest BCUT2D eigenvalue weighted by Crippen LogP contribution is -2.66. The van der Waals surface area contributed by atoms with E-state index in [1.54, 1.807) is 17.4 Å². The molecule has 5 rings (SSSR count). The minimum Gasteiger partial charge on any atom is -0.481 e. The van der Waals surface area contributed by atoms with E-state index in [1.165, 1.54) is 20.5 Å². The molecule has 0 saturated carbocycles. The van der Waals surface area contributed by atoms with E-state index < -0.39 is 14.3 Å². The van der Waals surface area contributed by atoms with Gasteiger partial charge in [-0.1, -0.05) is 130 Å². The molecule has 1 N–H and O–H groups in total. The third kappa shape index (κ3) is 7.41. The Labute approximate surface area is 278 Å². The second-order valence-corrected chi connectivity index (χ2v) is 18.6. The summed E-state index contributed by atoms with van der Waals surface area (Å²) in [6.07, 6.45) is 12.0. The van der Waals surface area contributed by atoms with Gasteiger partial charge in [-0.25, -0.2) is 0 Å². The van der Waals surface area contributed by atoms with Gasteiger partial charge in [0.05, 0.1) is 6.10 Å². The molecular weight excluding hydrogens is 605 g/mol. The molecule has 6 heteroatoms. The number of unbranched alkanes of at least 4 members (excludes halogenated alkanes) is 1. The predicted molar refractivity (Wildman–Crippen MR) is 193 cm³/mol. The highest BCUT2D eigenvalue weighted by Crippen LogP contribution is 2.43. The van der Waals surface area contributed by atoms with Crippen molar-refractivity contribution in [1.82, 2.24) is 0 Å². The number of carboxylic acids is 1. The molecule has 4 nitrogen and oxygen atoms in total. The van der Waals surface area contributed by atoms with Gasteiger partial charge in [0.1, 0.15) is 0 Å². The zero-order chi connectivity index (χ0) is 32.7. The van der Waals surface area contributed by atoms with Crippen LogP contribution in [0.2, 0.25) is 5.04 Å². The van der Waals surface area contributed by atoms with Crippen molar-refractivity contribution >= 4 is 51.9 Å². The van der Waals surface area contributed by atoms with Crippen LogP contribution < -0.4 is 10.4 Å². The van der Waals surface area contributed by atoms with Gasteiger partial charge >= 0.3 is 5.97 Å². The SMILES string of the molecule is CC1=CC(=O)[C@H](C=CC(O[Si](c2ccccc2)(c2ccccc2)C(C)(C)C)c2cc3ccccc3s2)[C@H]1CC=CCCCC(=O)O. The highest BCUT2D eigenvalue weighted by Gasteiger charge is 2.51. The van der Waals surface area contributed by atoms with Crippen molar-refractivity contribution in [2.75, 3.05) is 0 Å². The summed E-state index contributed by atoms with van der Waals surface area (Å²) in [7, 11) is -2.91. The molecule has 0 amide bonds. The molecule has 1 aliphatic rings. The Morgan fingerprint density at radius 2 is 1.59 bits per heavy atom. The van der Waals surface area contributed by atoms with Crippen LogP contribution in [-0.2, 0) is 14.0 Å². The maximum atomic E-state index is 13.3. The first-order valence-electron chi connectivity index (χ1n) is 16.1. The van der Waals surface area contributed by atoms with Crippen LogP contribution in [0.15, 0.2) is 127 Å². The fourth-order valence-corrected chi connectivity index (χ4v) is 12.4. The monoisotopic (exact) mass is 648 g/mol. The third-order valence-corrected chi connectivity index (χ3v) is 15.2. The Morgan fingerprint density at radius 1 is 0.957 bits per heavy atom. The van der Waals surface area contributed by atoms with E-state index in [1.807, 2.05) is 13.0 Å². The van der Waals surface area contributed by atoms with Crippen LogP contribution in [0.3, 0.4) is 0 Å². The van der Waals surface area contributed by atoms with E-state index in [0.717, 1.165) is 23.3 Å². The van der Waals surface area contributed by atoms with Gasteiger partial charge in [-0.05, 0) is 71.1 Å². The molecule has 1 unspecified atom stereocenters. The molecule has 0 fully saturated rings. The highest BCUT2D eigenvalue weighted by molar-refractivity contribution is 7.19. The standard InChI is InChI=1S/C40H44O4SSi/c1-29-27-35(41)34(33(29)22-13-5-6-14-24-39(42)43)25-26-36(38-28-30-17-15-16-23-37(30)45-38)44-46(40(2,3)4,31-18-9-7-10-19-31)32-20-11-8-12-21-32/h5,7-13,15-21,23,25-28,33-34,36H,6,14,22,24H2,1-4H3,(H,42,43)/t33-,34+,36?/m0/s1. The molecule has 0 aliphatic heterocycles. The zero-order valence-electron chi connectivity index (χ0n) is 27.2. The first-order chi connectivity index (χ1) is 22.1. The van der Waals surface area contributed by atoms with Crippen LogP contribution >= 0.6 is 11.3 Å². The number of carbonyl (C=O) groups is 2. The van der Waals surface area contributed by atoms with Gasteiger partial charge in [0.15, 0.2) is 5.78 Å². The average Bonchev–Trinajstić information content (AvgIpc) is 3.58. The van der Waals surface area contributed by atoms with Crippen molar-refractivity contribution in [2.45, 2.75) is 64.5 Å². The predicted octanol–water partition coefficient (Wildman–Crippen LogP) is 9.04. The number of thiophene rings is 1. The van der Waals surface area contributed by atoms with Gasteiger partial charge in [0, 0.05) is 21.9 Å². The van der Waals surface area contributed by atoms with Crippen LogP contribution in [0.25, 0.3) is 10.1 Å². The Morgan fingerprint density at radius 3 is 2.20 bits per heavy atom. The fourth-order valence-electron chi connectivity index (χ4n) is 6.64. The summed E-state index contributed by atoms with van der Waals surface area (Å²) in [6, 6.07) is 32.0. The molecule has 4 aromatic rings. The molecule has 0 saturated heterocycles. The molecule has 46 heavy (non-hydrogen) atoms. The maximum Gasteiger partial charge on any atom is 0.303 e. The number of fused-ring (bicyclic) bond motifs is 1. The summed E-state index contributed by atoms with van der Waals surface area (Å²) in [5.41, 5.74) is 1.08. The van der Waals surface area contributed by atoms with Crippen LogP contribution in [-0.4, -0.2) is 25.2 Å². The highest BCUT2D eigenvalue weighted by atomic mass is 32.1. The second-order valence-electron chi connectivity index (χ2n) is 13.2. The minimum atomic E-state index is -2.91. The first-order valence-corrected chi connectivity index (χ1v) is 18.9. The molecule has 238 valence electrons. The Kier molecular flexibility index (Phi) is 10.7. The van der Waals surface area contributed by atoms with Crippen LogP contribution in [0.4, 0.5) is 0 Å². The number of hydrogen-bond acceptors (Lipinski definition) is 4. The van der Waals surface area contributed by atoms with Crippen molar-refractivity contribution in [3.05, 3.63) is 132 Å². The molecule has 3 aromatic carbocycles. The normalized spacial score (nSPS) is 18.1. The van der Waals surface area contributed by atoms with Crippen LogP contribution in [0.1, 0.15) is 64.4 Å². The van der Waals surface area contributed by atoms with Crippen molar-refractivity contribution in [2.24, 2.45) is 11.8 Å². The number of carbonyl (C=O) groups excluding carboxylic acids is 1. The molecule has 0 spiro atoms. The number of ketones is 1. The molecule has 1 aromatic heterocycles. The largest absolute Gasteiger partial charge is 0.481 e. The molecule has 0 bridgehead atoms. The molecule has 1 heterocycles. The summed E-state index contributed by atoms with van der Waals surface area (Å²) in [5.74, 6) is -0.857. The molecule has 3 atom stereocenters. The molecular formula is C40H44O4SSi. The third-order valence-electron chi connectivity index (χ3n) is 8.97. The van der Waals surface area contributed by atoms with E-state index in [2.05, 4.69) is 130 Å². The number of benzene rings is 3. The van der Waals surface area contributed by atoms with Crippen molar-refractivity contribution in [3.63, 3.8) is 0 Å². The van der Waals surface area contributed by atoms with Crippen molar-refractivity contribution in [1.29, 1.82) is 0 Å². The minimum absolute atomic E-state index is 0.0652. The molecule has 1 aliphatic carbocycles. The van der Waals surface area contributed by atoms with E-state index in [-0.39, 0.29) is 35.2 Å². The quantitative estimate of drug-likeness (QED) is 0.0893. The maximum absolute atomic E-state index is 13.3. The van der Waals surface area contributed by atoms with Gasteiger partial charge in [0.25, 0.3) is 8.32 Å². The van der Waals surface area contributed by atoms with E-state index in [9.17, 15) is 9.59 Å². The number of carboxylic acid groups (broad SMARTS) is 1.